The highest BCUT2D eigenvalue weighted by molar-refractivity contribution is 9.10. The number of halogens is 1. The summed E-state index contributed by atoms with van der Waals surface area (Å²) < 4.78 is 0.914. The van der Waals surface area contributed by atoms with Crippen LogP contribution in [0.5, 0.6) is 5.75 Å². The van der Waals surface area contributed by atoms with Gasteiger partial charge in [0.2, 0.25) is 0 Å². The van der Waals surface area contributed by atoms with Crippen molar-refractivity contribution in [3.05, 3.63) is 22.7 Å². The molecule has 0 saturated heterocycles. The number of hydrogen-bond acceptors (Lipinski definition) is 2. The zero-order chi connectivity index (χ0) is 9.56. The van der Waals surface area contributed by atoms with Crippen molar-refractivity contribution in [3.63, 3.8) is 0 Å². The second kappa shape index (κ2) is 6.38. The van der Waals surface area contributed by atoms with E-state index in [0.29, 0.717) is 5.75 Å². The van der Waals surface area contributed by atoms with Gasteiger partial charge in [0.05, 0.1) is 0 Å². The average Bonchev–Trinajstić information content (AvgIpc) is 2.06. The third kappa shape index (κ3) is 4.02. The maximum Gasteiger partial charge on any atom is 0.117 e. The van der Waals surface area contributed by atoms with Crippen LogP contribution in [0.4, 0.5) is 0 Å². The first kappa shape index (κ1) is 11.8. The van der Waals surface area contributed by atoms with E-state index in [4.69, 9.17) is 5.11 Å². The molecule has 1 rings (SSSR count). The molecule has 0 aliphatic rings. The first-order valence-corrected chi connectivity index (χ1v) is 5.77. The van der Waals surface area contributed by atoms with Crippen LogP contribution in [0.15, 0.2) is 27.6 Å². The molecule has 0 aliphatic heterocycles. The summed E-state index contributed by atoms with van der Waals surface area (Å²) in [5, 5.41) is 9.08. The van der Waals surface area contributed by atoms with Crippen LogP contribution in [0.25, 0.3) is 0 Å². The quantitative estimate of drug-likeness (QED) is 0.761. The lowest BCUT2D eigenvalue weighted by molar-refractivity contribution is 0.473. The van der Waals surface area contributed by atoms with Crippen molar-refractivity contribution in [2.24, 2.45) is 0 Å². The van der Waals surface area contributed by atoms with E-state index in [9.17, 15) is 0 Å². The number of aromatic hydroxyl groups is 1. The smallest absolute Gasteiger partial charge is 0.117 e. The van der Waals surface area contributed by atoms with Gasteiger partial charge in [-0.15, -0.1) is 11.8 Å². The number of thioether (sulfide) groups is 1. The van der Waals surface area contributed by atoms with E-state index in [-0.39, 0.29) is 0 Å². The summed E-state index contributed by atoms with van der Waals surface area (Å²) >= 11 is 4.89. The summed E-state index contributed by atoms with van der Waals surface area (Å²) in [6.45, 7) is 4.00. The fourth-order valence-corrected chi connectivity index (χ4v) is 1.78. The van der Waals surface area contributed by atoms with E-state index < -0.39 is 0 Å². The van der Waals surface area contributed by atoms with E-state index in [2.05, 4.69) is 15.9 Å². The molecule has 0 unspecified atom stereocenters. The Balaban J connectivity index is 0.000000561. The molecule has 0 amide bonds. The van der Waals surface area contributed by atoms with Crippen LogP contribution in [-0.4, -0.2) is 11.4 Å². The molecule has 0 aromatic heterocycles. The first-order valence-electron chi connectivity index (χ1n) is 3.76. The topological polar surface area (TPSA) is 20.2 Å². The summed E-state index contributed by atoms with van der Waals surface area (Å²) in [5.74, 6) is 0.304. The van der Waals surface area contributed by atoms with Gasteiger partial charge in [0.15, 0.2) is 0 Å². The summed E-state index contributed by atoms with van der Waals surface area (Å²) in [7, 11) is 0. The molecule has 0 radical (unpaired) electrons. The predicted molar refractivity (Wildman–Crippen MR) is 58.9 cm³/mol. The zero-order valence-corrected chi connectivity index (χ0v) is 9.87. The lowest BCUT2D eigenvalue weighted by Gasteiger charge is -1.97. The molecule has 0 heterocycles. The highest BCUT2D eigenvalue weighted by Crippen LogP contribution is 2.25. The molecule has 1 nitrogen and oxygen atoms in total. The van der Waals surface area contributed by atoms with Gasteiger partial charge in [0.25, 0.3) is 0 Å². The second-order valence-electron chi connectivity index (χ2n) is 1.85. The van der Waals surface area contributed by atoms with E-state index in [0.717, 1.165) is 9.37 Å². The molecule has 68 valence electrons. The Kier molecular flexibility index (Phi) is 6.30. The summed E-state index contributed by atoms with van der Waals surface area (Å²) in [6.07, 6.45) is 1.97. The lowest BCUT2D eigenvalue weighted by atomic mass is 10.3. The van der Waals surface area contributed by atoms with Crippen molar-refractivity contribution >= 4 is 27.7 Å². The van der Waals surface area contributed by atoms with Crippen molar-refractivity contribution in [1.29, 1.82) is 0 Å². The largest absolute Gasteiger partial charge is 0.508 e. The van der Waals surface area contributed by atoms with Gasteiger partial charge in [0, 0.05) is 9.37 Å². The molecule has 0 bridgehead atoms. The van der Waals surface area contributed by atoms with Gasteiger partial charge in [-0.25, -0.2) is 0 Å². The number of benzene rings is 1. The Morgan fingerprint density at radius 3 is 2.25 bits per heavy atom. The van der Waals surface area contributed by atoms with Crippen LogP contribution in [0.3, 0.4) is 0 Å². The molecular formula is C9H13BrOS. The van der Waals surface area contributed by atoms with Crippen molar-refractivity contribution in [2.75, 3.05) is 6.26 Å². The summed E-state index contributed by atoms with van der Waals surface area (Å²) in [5.41, 5.74) is 0. The molecule has 0 saturated carbocycles. The van der Waals surface area contributed by atoms with Crippen LogP contribution >= 0.6 is 27.7 Å². The highest BCUT2D eigenvalue weighted by Gasteiger charge is 1.94. The van der Waals surface area contributed by atoms with Gasteiger partial charge >= 0.3 is 0 Å². The standard InChI is InChI=1S/C7H7BrOS.C2H6/c1-10-7-3-5(8)2-6(9)4-7;1-2/h2-4,9H,1H3;1-2H3. The van der Waals surface area contributed by atoms with Crippen LogP contribution < -0.4 is 0 Å². The Morgan fingerprint density at radius 2 is 1.83 bits per heavy atom. The molecule has 1 aromatic rings. The van der Waals surface area contributed by atoms with Gasteiger partial charge in [0.1, 0.15) is 5.75 Å². The van der Waals surface area contributed by atoms with Crippen LogP contribution in [-0.2, 0) is 0 Å². The molecule has 12 heavy (non-hydrogen) atoms. The zero-order valence-electron chi connectivity index (χ0n) is 7.47. The molecule has 0 aliphatic carbocycles. The number of rotatable bonds is 1. The number of hydrogen-bond donors (Lipinski definition) is 1. The van der Waals surface area contributed by atoms with Crippen LogP contribution in [0, 0.1) is 0 Å². The van der Waals surface area contributed by atoms with Gasteiger partial charge in [-0.1, -0.05) is 29.8 Å². The van der Waals surface area contributed by atoms with Gasteiger partial charge < -0.3 is 5.11 Å². The Bertz CT molecular complexity index is 218. The van der Waals surface area contributed by atoms with Crippen molar-refractivity contribution in [3.8, 4) is 5.75 Å². The molecular weight excluding hydrogens is 236 g/mol. The van der Waals surface area contributed by atoms with E-state index in [1.165, 1.54) is 0 Å². The summed E-state index contributed by atoms with van der Waals surface area (Å²) in [6, 6.07) is 5.36. The van der Waals surface area contributed by atoms with Crippen LogP contribution in [0.2, 0.25) is 0 Å². The van der Waals surface area contributed by atoms with E-state index in [1.807, 2.05) is 26.2 Å². The molecule has 0 fully saturated rings. The SMILES string of the molecule is CC.CSc1cc(O)cc(Br)c1. The third-order valence-electron chi connectivity index (χ3n) is 1.09. The highest BCUT2D eigenvalue weighted by atomic mass is 79.9. The van der Waals surface area contributed by atoms with Crippen LogP contribution in [0.1, 0.15) is 13.8 Å². The second-order valence-corrected chi connectivity index (χ2v) is 3.64. The average molecular weight is 249 g/mol. The number of phenols is 1. The fourth-order valence-electron chi connectivity index (χ4n) is 0.666. The monoisotopic (exact) mass is 248 g/mol. The molecule has 3 heteroatoms. The molecule has 0 spiro atoms. The van der Waals surface area contributed by atoms with E-state index >= 15 is 0 Å². The molecule has 1 N–H and O–H groups in total. The third-order valence-corrected chi connectivity index (χ3v) is 2.26. The maximum atomic E-state index is 9.08. The van der Waals surface area contributed by atoms with E-state index in [1.54, 1.807) is 23.9 Å². The number of phenolic OH excluding ortho intramolecular Hbond substituents is 1. The van der Waals surface area contributed by atoms with Crippen molar-refractivity contribution in [2.45, 2.75) is 18.7 Å². The van der Waals surface area contributed by atoms with Crippen molar-refractivity contribution < 1.29 is 5.11 Å². The molecule has 0 atom stereocenters. The summed E-state index contributed by atoms with van der Waals surface area (Å²) in [4.78, 5) is 1.06. The van der Waals surface area contributed by atoms with Gasteiger partial charge in [-0.05, 0) is 24.5 Å². The Morgan fingerprint density at radius 1 is 1.25 bits per heavy atom. The fraction of sp³-hybridized carbons (Fsp3) is 0.333. The van der Waals surface area contributed by atoms with Gasteiger partial charge in [-0.2, -0.15) is 0 Å². The van der Waals surface area contributed by atoms with Crippen molar-refractivity contribution in [1.82, 2.24) is 0 Å². The minimum atomic E-state index is 0.304. The Labute approximate surface area is 86.3 Å². The molecule has 1 aromatic carbocycles. The lowest BCUT2D eigenvalue weighted by Crippen LogP contribution is -1.70. The normalized spacial score (nSPS) is 8.67. The minimum Gasteiger partial charge on any atom is -0.508 e. The van der Waals surface area contributed by atoms with Gasteiger partial charge in [-0.3, -0.25) is 0 Å². The maximum absolute atomic E-state index is 9.08. The Hall–Kier alpha value is -0.150. The minimum absolute atomic E-state index is 0.304. The predicted octanol–water partition coefficient (Wildman–Crippen LogP) is 3.90. The first-order chi connectivity index (χ1) is 5.72.